The molecular formula is C76H126O6. The van der Waals surface area contributed by atoms with Gasteiger partial charge >= 0.3 is 17.9 Å². The second kappa shape index (κ2) is 69.0. The lowest BCUT2D eigenvalue weighted by atomic mass is 10.0. The lowest BCUT2D eigenvalue weighted by molar-refractivity contribution is -0.167. The van der Waals surface area contributed by atoms with E-state index in [0.29, 0.717) is 19.3 Å². The van der Waals surface area contributed by atoms with Crippen molar-refractivity contribution in [1.82, 2.24) is 0 Å². The van der Waals surface area contributed by atoms with Crippen LogP contribution < -0.4 is 0 Å². The summed E-state index contributed by atoms with van der Waals surface area (Å²) in [6, 6.07) is 0. The van der Waals surface area contributed by atoms with Gasteiger partial charge < -0.3 is 14.2 Å². The third kappa shape index (κ3) is 66.4. The first kappa shape index (κ1) is 77.5. The number of hydrogen-bond acceptors (Lipinski definition) is 6. The number of unbranched alkanes of at least 4 members (excludes halogenated alkanes) is 28. The molecule has 0 fully saturated rings. The third-order valence-electron chi connectivity index (χ3n) is 14.4. The molecule has 0 aliphatic heterocycles. The minimum absolute atomic E-state index is 0.0895. The number of hydrogen-bond donors (Lipinski definition) is 0. The van der Waals surface area contributed by atoms with Crippen molar-refractivity contribution >= 4 is 17.9 Å². The van der Waals surface area contributed by atoms with E-state index in [-0.39, 0.29) is 31.1 Å². The van der Waals surface area contributed by atoms with Crippen molar-refractivity contribution in [3.05, 3.63) is 134 Å². The summed E-state index contributed by atoms with van der Waals surface area (Å²) in [5.74, 6) is -0.914. The van der Waals surface area contributed by atoms with Crippen LogP contribution in [0.5, 0.6) is 0 Å². The molecule has 0 amide bonds. The molecule has 0 aromatic carbocycles. The van der Waals surface area contributed by atoms with Crippen LogP contribution >= 0.6 is 0 Å². The van der Waals surface area contributed by atoms with Gasteiger partial charge in [-0.2, -0.15) is 0 Å². The van der Waals surface area contributed by atoms with Crippen molar-refractivity contribution < 1.29 is 28.6 Å². The van der Waals surface area contributed by atoms with Gasteiger partial charge in [0, 0.05) is 19.3 Å². The smallest absolute Gasteiger partial charge is 0.306 e. The Morgan fingerprint density at radius 3 is 0.756 bits per heavy atom. The van der Waals surface area contributed by atoms with Crippen LogP contribution in [0.15, 0.2) is 134 Å². The van der Waals surface area contributed by atoms with Crippen LogP contribution in [0.3, 0.4) is 0 Å². The molecule has 0 aliphatic carbocycles. The molecule has 0 N–H and O–H groups in total. The number of carbonyl (C=O) groups excluding carboxylic acids is 3. The number of ether oxygens (including phenoxy) is 3. The van der Waals surface area contributed by atoms with E-state index in [1.807, 2.05) is 0 Å². The molecule has 0 aromatic heterocycles. The molecule has 0 heterocycles. The number of rotatable bonds is 61. The largest absolute Gasteiger partial charge is 0.462 e. The van der Waals surface area contributed by atoms with Crippen LogP contribution in [-0.2, 0) is 28.6 Å². The molecule has 82 heavy (non-hydrogen) atoms. The molecule has 1 atom stereocenters. The molecule has 6 heteroatoms. The zero-order valence-corrected chi connectivity index (χ0v) is 53.5. The van der Waals surface area contributed by atoms with Gasteiger partial charge in [0.15, 0.2) is 6.10 Å². The van der Waals surface area contributed by atoms with E-state index < -0.39 is 6.10 Å². The Kier molecular flexibility index (Phi) is 65.3. The summed E-state index contributed by atoms with van der Waals surface area (Å²) in [6.45, 7) is 6.34. The van der Waals surface area contributed by atoms with Gasteiger partial charge in [0.25, 0.3) is 0 Å². The third-order valence-corrected chi connectivity index (χ3v) is 14.4. The number of esters is 3. The maximum Gasteiger partial charge on any atom is 0.306 e. The van der Waals surface area contributed by atoms with E-state index in [4.69, 9.17) is 14.2 Å². The van der Waals surface area contributed by atoms with Crippen molar-refractivity contribution in [2.45, 2.75) is 316 Å². The first-order valence-electron chi connectivity index (χ1n) is 34.2. The summed E-state index contributed by atoms with van der Waals surface area (Å²) in [4.78, 5) is 38.3. The summed E-state index contributed by atoms with van der Waals surface area (Å²) in [6.07, 6.45) is 97.7. The van der Waals surface area contributed by atoms with Crippen LogP contribution in [-0.4, -0.2) is 37.2 Å². The van der Waals surface area contributed by atoms with E-state index >= 15 is 0 Å². The maximum atomic E-state index is 12.9. The minimum atomic E-state index is -0.795. The molecule has 0 aliphatic rings. The van der Waals surface area contributed by atoms with Crippen LogP contribution in [0.25, 0.3) is 0 Å². The normalized spacial score (nSPS) is 13.0. The number of carbonyl (C=O) groups is 3. The lowest BCUT2D eigenvalue weighted by Crippen LogP contribution is -2.30. The van der Waals surface area contributed by atoms with Gasteiger partial charge in [0.1, 0.15) is 13.2 Å². The molecular weight excluding hydrogens is 1010 g/mol. The molecule has 466 valence electrons. The molecule has 0 saturated carbocycles. The van der Waals surface area contributed by atoms with Gasteiger partial charge in [-0.25, -0.2) is 0 Å². The quantitative estimate of drug-likeness (QED) is 0.0261. The van der Waals surface area contributed by atoms with Crippen molar-refractivity contribution in [3.8, 4) is 0 Å². The standard InChI is InChI=1S/C76H126O6/c1-4-7-10-13-16-19-22-24-26-28-30-32-33-34-35-36-37-38-39-40-41-42-43-45-46-48-50-52-54-57-60-63-66-69-75(78)81-72-73(71-80-74(77)68-65-62-59-56-21-18-15-12-9-6-3)82-76(79)70-67-64-61-58-55-53-51-49-47-44-31-29-27-25-23-20-17-14-11-8-5-2/h7-8,10-12,15-17,19-20,24-27,30-32,34-35,44,49,51,73H,4-6,9,13-14,18,21-23,28-29,33,36-43,45-48,50,52-72H2,1-3H3/b10-7-,11-8-,15-12-,19-16-,20-17-,26-24-,27-25-,32-30-,35-34-,44-31-,51-49-. The summed E-state index contributed by atoms with van der Waals surface area (Å²) >= 11 is 0. The molecule has 1 unspecified atom stereocenters. The van der Waals surface area contributed by atoms with Crippen LogP contribution in [0, 0.1) is 0 Å². The monoisotopic (exact) mass is 1130 g/mol. The van der Waals surface area contributed by atoms with Gasteiger partial charge in [-0.3, -0.25) is 14.4 Å². The molecule has 0 saturated heterocycles. The van der Waals surface area contributed by atoms with Crippen molar-refractivity contribution in [1.29, 1.82) is 0 Å². The molecule has 0 bridgehead atoms. The highest BCUT2D eigenvalue weighted by Gasteiger charge is 2.19. The van der Waals surface area contributed by atoms with Crippen LogP contribution in [0.2, 0.25) is 0 Å². The minimum Gasteiger partial charge on any atom is -0.462 e. The zero-order valence-electron chi connectivity index (χ0n) is 53.5. The summed E-state index contributed by atoms with van der Waals surface area (Å²) in [7, 11) is 0. The van der Waals surface area contributed by atoms with Gasteiger partial charge in [-0.1, -0.05) is 296 Å². The predicted molar refractivity (Wildman–Crippen MR) is 357 cm³/mol. The van der Waals surface area contributed by atoms with E-state index in [1.165, 1.54) is 109 Å². The predicted octanol–water partition coefficient (Wildman–Crippen LogP) is 23.7. The highest BCUT2D eigenvalue weighted by molar-refractivity contribution is 5.71. The summed E-state index contributed by atoms with van der Waals surface area (Å²) < 4.78 is 16.9. The Morgan fingerprint density at radius 1 is 0.256 bits per heavy atom. The lowest BCUT2D eigenvalue weighted by Gasteiger charge is -2.18. The second-order valence-electron chi connectivity index (χ2n) is 22.3. The van der Waals surface area contributed by atoms with Gasteiger partial charge in [0.05, 0.1) is 0 Å². The fourth-order valence-corrected chi connectivity index (χ4v) is 9.32. The highest BCUT2D eigenvalue weighted by Crippen LogP contribution is 2.17. The molecule has 0 spiro atoms. The molecule has 0 rings (SSSR count). The van der Waals surface area contributed by atoms with E-state index in [1.54, 1.807) is 0 Å². The topological polar surface area (TPSA) is 78.9 Å². The Hall–Kier alpha value is -4.45. The number of allylic oxidation sites excluding steroid dienone is 22. The van der Waals surface area contributed by atoms with Gasteiger partial charge in [-0.15, -0.1) is 0 Å². The summed E-state index contributed by atoms with van der Waals surface area (Å²) in [5, 5.41) is 0. The average molecular weight is 1140 g/mol. The van der Waals surface area contributed by atoms with Gasteiger partial charge in [0.2, 0.25) is 0 Å². The van der Waals surface area contributed by atoms with E-state index in [0.717, 1.165) is 161 Å². The Labute approximate surface area is 506 Å². The molecule has 0 radical (unpaired) electrons. The average Bonchev–Trinajstić information content (AvgIpc) is 3.48. The molecule has 0 aromatic rings. The van der Waals surface area contributed by atoms with E-state index in [9.17, 15) is 14.4 Å². The van der Waals surface area contributed by atoms with Gasteiger partial charge in [-0.05, 0) is 128 Å². The second-order valence-corrected chi connectivity index (χ2v) is 22.3. The van der Waals surface area contributed by atoms with Crippen molar-refractivity contribution in [2.75, 3.05) is 13.2 Å². The highest BCUT2D eigenvalue weighted by atomic mass is 16.6. The van der Waals surface area contributed by atoms with Crippen LogP contribution in [0.4, 0.5) is 0 Å². The zero-order chi connectivity index (χ0) is 59.2. The van der Waals surface area contributed by atoms with E-state index in [2.05, 4.69) is 154 Å². The SMILES string of the molecule is CC/C=C\C/C=C\C/C=C\C/C=C\C/C=C\CCCCCCCCCCCCCCCCCCCC(=O)OCC(COC(=O)CCCCCCC/C=C\CCC)OC(=O)CCCCCCC/C=C\C/C=C\C/C=C\C/C=C\C/C=C\CC. The maximum absolute atomic E-state index is 12.9. The van der Waals surface area contributed by atoms with Crippen molar-refractivity contribution in [3.63, 3.8) is 0 Å². The molecule has 6 nitrogen and oxygen atoms in total. The summed E-state index contributed by atoms with van der Waals surface area (Å²) in [5.41, 5.74) is 0. The first-order valence-corrected chi connectivity index (χ1v) is 34.2. The first-order chi connectivity index (χ1) is 40.5. The Morgan fingerprint density at radius 2 is 0.476 bits per heavy atom. The van der Waals surface area contributed by atoms with Crippen molar-refractivity contribution in [2.24, 2.45) is 0 Å². The van der Waals surface area contributed by atoms with Crippen LogP contribution in [0.1, 0.15) is 310 Å². The fourth-order valence-electron chi connectivity index (χ4n) is 9.32. The Balaban J connectivity index is 4.18. The fraction of sp³-hybridized carbons (Fsp3) is 0.671. The Bertz CT molecular complexity index is 1730.